The van der Waals surface area contributed by atoms with Crippen molar-refractivity contribution in [2.24, 2.45) is 5.92 Å². The number of hydrogen-bond acceptors (Lipinski definition) is 4. The van der Waals surface area contributed by atoms with Gasteiger partial charge in [-0.25, -0.2) is 9.18 Å². The van der Waals surface area contributed by atoms with Crippen molar-refractivity contribution in [3.63, 3.8) is 0 Å². The molecule has 0 unspecified atom stereocenters. The highest BCUT2D eigenvalue weighted by molar-refractivity contribution is 6.30. The Kier molecular flexibility index (Phi) is 7.40. The second-order valence-electron chi connectivity index (χ2n) is 10.6. The van der Waals surface area contributed by atoms with Crippen LogP contribution in [0.3, 0.4) is 0 Å². The monoisotopic (exact) mass is 504 g/mol. The molecule has 0 radical (unpaired) electrons. The smallest absolute Gasteiger partial charge is 0.410 e. The predicted molar refractivity (Wildman–Crippen MR) is 132 cm³/mol. The molecule has 1 saturated heterocycles. The fraction of sp³-hybridized carbons (Fsp3) is 0.577. The third-order valence-corrected chi connectivity index (χ3v) is 6.99. The van der Waals surface area contributed by atoms with E-state index in [0.29, 0.717) is 49.7 Å². The minimum atomic E-state index is -0.513. The molecule has 0 spiro atoms. The van der Waals surface area contributed by atoms with Gasteiger partial charge in [0, 0.05) is 36.6 Å². The minimum absolute atomic E-state index is 0.120. The summed E-state index contributed by atoms with van der Waals surface area (Å²) in [5.74, 6) is 0.00714. The van der Waals surface area contributed by atoms with Gasteiger partial charge in [0.1, 0.15) is 11.4 Å². The van der Waals surface area contributed by atoms with Gasteiger partial charge in [0.05, 0.1) is 24.5 Å². The molecular formula is C26H34ClFN4O3. The molecule has 0 N–H and O–H groups in total. The van der Waals surface area contributed by atoms with Gasteiger partial charge in [-0.2, -0.15) is 5.10 Å². The summed E-state index contributed by atoms with van der Waals surface area (Å²) in [5, 5.41) is 5.00. The molecule has 1 aromatic heterocycles. The first-order valence-corrected chi connectivity index (χ1v) is 12.6. The summed E-state index contributed by atoms with van der Waals surface area (Å²) in [7, 11) is 0. The topological polar surface area (TPSA) is 67.7 Å². The number of rotatable bonds is 4. The van der Waals surface area contributed by atoms with Crippen LogP contribution in [0, 0.1) is 18.7 Å². The Bertz CT molecular complexity index is 1100. The van der Waals surface area contributed by atoms with Gasteiger partial charge in [0.15, 0.2) is 0 Å². The largest absolute Gasteiger partial charge is 0.444 e. The van der Waals surface area contributed by atoms with Crippen molar-refractivity contribution in [1.82, 2.24) is 19.6 Å². The van der Waals surface area contributed by atoms with E-state index in [4.69, 9.17) is 16.3 Å². The van der Waals surface area contributed by atoms with Gasteiger partial charge in [0.2, 0.25) is 5.91 Å². The Balaban J connectivity index is 1.35. The number of benzene rings is 1. The van der Waals surface area contributed by atoms with Crippen molar-refractivity contribution in [3.8, 4) is 0 Å². The van der Waals surface area contributed by atoms with E-state index in [0.717, 1.165) is 36.2 Å². The maximum atomic E-state index is 14.4. The number of halogens is 2. The number of amides is 2. The van der Waals surface area contributed by atoms with Crippen molar-refractivity contribution in [2.45, 2.75) is 72.1 Å². The molecule has 0 atom stereocenters. The quantitative estimate of drug-likeness (QED) is 0.590. The number of aromatic nitrogens is 2. The van der Waals surface area contributed by atoms with Crippen LogP contribution in [0.5, 0.6) is 0 Å². The highest BCUT2D eigenvalue weighted by atomic mass is 35.5. The van der Waals surface area contributed by atoms with E-state index < -0.39 is 5.60 Å². The van der Waals surface area contributed by atoms with Gasteiger partial charge in [0.25, 0.3) is 0 Å². The van der Waals surface area contributed by atoms with Crippen LogP contribution < -0.4 is 0 Å². The number of nitrogens with zero attached hydrogens (tertiary/aromatic N) is 4. The van der Waals surface area contributed by atoms with Gasteiger partial charge >= 0.3 is 6.09 Å². The fourth-order valence-electron chi connectivity index (χ4n) is 4.85. The zero-order chi connectivity index (χ0) is 25.3. The SMILES string of the molecule is Cc1nn(Cc2ccc(Cl)cc2F)c2c1CCN(C(=O)CC1CCN(C(=O)OC(C)(C)C)CC1)C2. The lowest BCUT2D eigenvalue weighted by Gasteiger charge is -2.34. The highest BCUT2D eigenvalue weighted by Crippen LogP contribution is 2.27. The molecule has 2 aliphatic heterocycles. The average Bonchev–Trinajstić information content (AvgIpc) is 3.09. The van der Waals surface area contributed by atoms with Crippen LogP contribution in [0.25, 0.3) is 0 Å². The molecule has 1 aromatic carbocycles. The van der Waals surface area contributed by atoms with Crippen LogP contribution in [-0.2, 0) is 29.0 Å². The summed E-state index contributed by atoms with van der Waals surface area (Å²) in [5.41, 5.74) is 3.04. The molecular weight excluding hydrogens is 471 g/mol. The molecule has 35 heavy (non-hydrogen) atoms. The van der Waals surface area contributed by atoms with Crippen molar-refractivity contribution in [1.29, 1.82) is 0 Å². The summed E-state index contributed by atoms with van der Waals surface area (Å²) in [6.45, 7) is 10.2. The fourth-order valence-corrected chi connectivity index (χ4v) is 5.01. The Morgan fingerprint density at radius 1 is 1.17 bits per heavy atom. The number of piperidine rings is 1. The summed E-state index contributed by atoms with van der Waals surface area (Å²) >= 11 is 5.89. The summed E-state index contributed by atoms with van der Waals surface area (Å²) in [6.07, 6.45) is 2.50. The number of hydrogen-bond donors (Lipinski definition) is 0. The molecule has 2 aliphatic rings. The van der Waals surface area contributed by atoms with Gasteiger partial charge in [-0.3, -0.25) is 9.48 Å². The number of likely N-dealkylation sites (tertiary alicyclic amines) is 1. The van der Waals surface area contributed by atoms with E-state index in [1.165, 1.54) is 6.07 Å². The number of fused-ring (bicyclic) bond motifs is 1. The number of carbonyl (C=O) groups is 2. The Morgan fingerprint density at radius 2 is 1.89 bits per heavy atom. The van der Waals surface area contributed by atoms with Crippen molar-refractivity contribution < 1.29 is 18.7 Å². The first-order valence-electron chi connectivity index (χ1n) is 12.2. The molecule has 2 aromatic rings. The molecule has 4 rings (SSSR count). The molecule has 7 nitrogen and oxygen atoms in total. The summed E-state index contributed by atoms with van der Waals surface area (Å²) < 4.78 is 21.7. The first kappa shape index (κ1) is 25.5. The van der Waals surface area contributed by atoms with Gasteiger partial charge in [-0.1, -0.05) is 17.7 Å². The Hall–Kier alpha value is -2.61. The standard InChI is InChI=1S/C26H34ClFN4O3/c1-17-21-9-12-31(16-23(21)32(29-17)15-19-5-6-20(27)14-22(19)28)24(33)13-18-7-10-30(11-8-18)25(34)35-26(2,3)4/h5-6,14,18H,7-13,15-16H2,1-4H3. The minimum Gasteiger partial charge on any atom is -0.444 e. The zero-order valence-electron chi connectivity index (χ0n) is 20.9. The number of aryl methyl sites for hydroxylation is 1. The van der Waals surface area contributed by atoms with E-state index in [2.05, 4.69) is 5.10 Å². The molecule has 2 amide bonds. The summed E-state index contributed by atoms with van der Waals surface area (Å²) in [6, 6.07) is 4.66. The normalized spacial score (nSPS) is 16.9. The van der Waals surface area contributed by atoms with Crippen LogP contribution in [-0.4, -0.2) is 56.8 Å². The lowest BCUT2D eigenvalue weighted by molar-refractivity contribution is -0.133. The Morgan fingerprint density at radius 3 is 2.54 bits per heavy atom. The van der Waals surface area contributed by atoms with Crippen LogP contribution in [0.1, 0.15) is 62.5 Å². The maximum Gasteiger partial charge on any atom is 0.410 e. The second kappa shape index (κ2) is 10.2. The zero-order valence-corrected chi connectivity index (χ0v) is 21.7. The van der Waals surface area contributed by atoms with Crippen molar-refractivity contribution in [2.75, 3.05) is 19.6 Å². The third kappa shape index (κ3) is 6.15. The van der Waals surface area contributed by atoms with Crippen LogP contribution >= 0.6 is 11.6 Å². The molecule has 1 fully saturated rings. The predicted octanol–water partition coefficient (Wildman–Crippen LogP) is 4.95. The molecule has 3 heterocycles. The van der Waals surface area contributed by atoms with Crippen LogP contribution in [0.4, 0.5) is 9.18 Å². The van der Waals surface area contributed by atoms with Gasteiger partial charge < -0.3 is 14.5 Å². The van der Waals surface area contributed by atoms with Gasteiger partial charge in [-0.15, -0.1) is 0 Å². The van der Waals surface area contributed by atoms with Gasteiger partial charge in [-0.05, 0) is 70.6 Å². The molecule has 0 saturated carbocycles. The van der Waals surface area contributed by atoms with E-state index in [-0.39, 0.29) is 23.7 Å². The summed E-state index contributed by atoms with van der Waals surface area (Å²) in [4.78, 5) is 29.1. The van der Waals surface area contributed by atoms with Crippen molar-refractivity contribution in [3.05, 3.63) is 51.6 Å². The van der Waals surface area contributed by atoms with Crippen molar-refractivity contribution >= 4 is 23.6 Å². The lowest BCUT2D eigenvalue weighted by atomic mass is 9.92. The Labute approximate surface area is 211 Å². The highest BCUT2D eigenvalue weighted by Gasteiger charge is 2.31. The maximum absolute atomic E-state index is 14.4. The number of ether oxygens (including phenoxy) is 1. The van der Waals surface area contributed by atoms with E-state index in [9.17, 15) is 14.0 Å². The van der Waals surface area contributed by atoms with E-state index >= 15 is 0 Å². The van der Waals surface area contributed by atoms with Crippen LogP contribution in [0.2, 0.25) is 5.02 Å². The molecule has 9 heteroatoms. The molecule has 0 bridgehead atoms. The lowest BCUT2D eigenvalue weighted by Crippen LogP contribution is -2.43. The third-order valence-electron chi connectivity index (χ3n) is 6.76. The van der Waals surface area contributed by atoms with E-state index in [1.807, 2.05) is 37.3 Å². The second-order valence-corrected chi connectivity index (χ2v) is 11.0. The molecule has 0 aliphatic carbocycles. The van der Waals surface area contributed by atoms with E-state index in [1.54, 1.807) is 17.0 Å². The number of carbonyl (C=O) groups excluding carboxylic acids is 2. The average molecular weight is 505 g/mol. The molecule has 190 valence electrons. The van der Waals surface area contributed by atoms with Crippen LogP contribution in [0.15, 0.2) is 18.2 Å². The first-order chi connectivity index (χ1) is 16.5.